The smallest absolute Gasteiger partial charge is 0.124 e. The van der Waals surface area contributed by atoms with Gasteiger partial charge >= 0.3 is 0 Å². The van der Waals surface area contributed by atoms with Gasteiger partial charge in [0.1, 0.15) is 5.82 Å². The summed E-state index contributed by atoms with van der Waals surface area (Å²) in [5.74, 6) is -0.189. The van der Waals surface area contributed by atoms with Crippen LogP contribution in [-0.2, 0) is 0 Å². The third-order valence-electron chi connectivity index (χ3n) is 3.77. The fourth-order valence-corrected chi connectivity index (χ4v) is 3.52. The maximum atomic E-state index is 13.1. The Hall–Kier alpha value is -0.450. The first kappa shape index (κ1) is 14.0. The number of nitrogens with zero attached hydrogens (tertiary/aromatic N) is 1. The van der Waals surface area contributed by atoms with E-state index in [0.717, 1.165) is 17.6 Å². The lowest BCUT2D eigenvalue weighted by Gasteiger charge is -2.31. The van der Waals surface area contributed by atoms with Crippen molar-refractivity contribution >= 4 is 15.9 Å². The summed E-state index contributed by atoms with van der Waals surface area (Å²) in [6, 6.07) is 5.89. The topological polar surface area (TPSA) is 15.3 Å². The fourth-order valence-electron chi connectivity index (χ4n) is 2.84. The number of hydrogen-bond acceptors (Lipinski definition) is 2. The molecule has 1 aromatic carbocycles. The monoisotopic (exact) mass is 314 g/mol. The van der Waals surface area contributed by atoms with Crippen LogP contribution in [0.5, 0.6) is 0 Å². The Balaban J connectivity index is 2.17. The first-order valence-corrected chi connectivity index (χ1v) is 7.28. The molecule has 1 aliphatic heterocycles. The molecule has 0 bridgehead atoms. The highest BCUT2D eigenvalue weighted by molar-refractivity contribution is 9.10. The molecule has 1 saturated heterocycles. The Bertz CT molecular complexity index is 411. The lowest BCUT2D eigenvalue weighted by atomic mass is 10.1. The van der Waals surface area contributed by atoms with E-state index in [1.807, 2.05) is 13.1 Å². The number of hydrogen-bond donors (Lipinski definition) is 1. The summed E-state index contributed by atoms with van der Waals surface area (Å²) in [6.45, 7) is 4.34. The average Bonchev–Trinajstić information content (AvgIpc) is 2.77. The highest BCUT2D eigenvalue weighted by atomic mass is 79.9. The largest absolute Gasteiger partial charge is 0.318 e. The van der Waals surface area contributed by atoms with Gasteiger partial charge in [-0.05, 0) is 51.1 Å². The van der Waals surface area contributed by atoms with Crippen LogP contribution in [0.4, 0.5) is 4.39 Å². The summed E-state index contributed by atoms with van der Waals surface area (Å²) in [6.07, 6.45) is 2.49. The summed E-state index contributed by atoms with van der Waals surface area (Å²) >= 11 is 3.47. The molecule has 1 aliphatic rings. The van der Waals surface area contributed by atoms with Gasteiger partial charge in [0, 0.05) is 23.1 Å². The normalized spacial score (nSPS) is 22.3. The number of benzene rings is 1. The second kappa shape index (κ2) is 6.13. The lowest BCUT2D eigenvalue weighted by Crippen LogP contribution is -2.38. The van der Waals surface area contributed by atoms with Crippen LogP contribution in [0, 0.1) is 5.82 Å². The van der Waals surface area contributed by atoms with Crippen LogP contribution in [0.25, 0.3) is 0 Å². The molecule has 1 aromatic rings. The van der Waals surface area contributed by atoms with Crippen LogP contribution in [-0.4, -0.2) is 31.1 Å². The molecule has 1 heterocycles. The minimum atomic E-state index is -0.189. The molecular weight excluding hydrogens is 295 g/mol. The Morgan fingerprint density at radius 3 is 3.00 bits per heavy atom. The zero-order valence-corrected chi connectivity index (χ0v) is 12.5. The molecule has 0 radical (unpaired) electrons. The second-order valence-corrected chi connectivity index (χ2v) is 5.79. The number of nitrogens with one attached hydrogen (secondary N) is 1. The summed E-state index contributed by atoms with van der Waals surface area (Å²) in [4.78, 5) is 2.51. The van der Waals surface area contributed by atoms with E-state index in [4.69, 9.17) is 0 Å². The minimum absolute atomic E-state index is 0.189. The molecule has 18 heavy (non-hydrogen) atoms. The molecule has 0 spiro atoms. The number of rotatable bonds is 4. The van der Waals surface area contributed by atoms with Gasteiger partial charge in [-0.1, -0.05) is 22.0 Å². The maximum absolute atomic E-state index is 13.1. The van der Waals surface area contributed by atoms with E-state index in [2.05, 4.69) is 33.1 Å². The zero-order chi connectivity index (χ0) is 13.1. The van der Waals surface area contributed by atoms with E-state index in [9.17, 15) is 4.39 Å². The van der Waals surface area contributed by atoms with E-state index < -0.39 is 0 Å². The van der Waals surface area contributed by atoms with E-state index in [-0.39, 0.29) is 5.82 Å². The van der Waals surface area contributed by atoms with Crippen molar-refractivity contribution in [1.82, 2.24) is 10.2 Å². The van der Waals surface area contributed by atoms with Crippen LogP contribution in [0.1, 0.15) is 31.4 Å². The molecule has 2 unspecified atom stereocenters. The number of likely N-dealkylation sites (tertiary alicyclic amines) is 1. The Morgan fingerprint density at radius 1 is 1.56 bits per heavy atom. The Labute approximate surface area is 117 Å². The SMILES string of the molecule is CNCC1CCCN1C(C)c1ccc(F)cc1Br. The van der Waals surface area contributed by atoms with Gasteiger partial charge in [-0.25, -0.2) is 4.39 Å². The predicted molar refractivity (Wildman–Crippen MR) is 76.2 cm³/mol. The Kier molecular flexibility index (Phi) is 4.76. The second-order valence-electron chi connectivity index (χ2n) is 4.93. The van der Waals surface area contributed by atoms with Crippen molar-refractivity contribution in [3.05, 3.63) is 34.1 Å². The van der Waals surface area contributed by atoms with E-state index in [1.54, 1.807) is 12.1 Å². The van der Waals surface area contributed by atoms with Gasteiger partial charge in [0.2, 0.25) is 0 Å². The van der Waals surface area contributed by atoms with Gasteiger partial charge in [-0.3, -0.25) is 4.90 Å². The van der Waals surface area contributed by atoms with Crippen LogP contribution in [0.2, 0.25) is 0 Å². The molecule has 0 amide bonds. The average molecular weight is 315 g/mol. The van der Waals surface area contributed by atoms with Crippen molar-refractivity contribution in [2.75, 3.05) is 20.1 Å². The fraction of sp³-hybridized carbons (Fsp3) is 0.571. The molecule has 2 rings (SSSR count). The summed E-state index contributed by atoms with van der Waals surface area (Å²) in [7, 11) is 2.00. The lowest BCUT2D eigenvalue weighted by molar-refractivity contribution is 0.190. The summed E-state index contributed by atoms with van der Waals surface area (Å²) < 4.78 is 14.0. The van der Waals surface area contributed by atoms with Gasteiger partial charge < -0.3 is 5.32 Å². The first-order valence-electron chi connectivity index (χ1n) is 6.48. The molecular formula is C14H20BrFN2. The highest BCUT2D eigenvalue weighted by Crippen LogP contribution is 2.33. The van der Waals surface area contributed by atoms with Gasteiger partial charge in [-0.15, -0.1) is 0 Å². The third kappa shape index (κ3) is 2.92. The number of halogens is 2. The molecule has 100 valence electrons. The molecule has 1 fully saturated rings. The molecule has 2 nitrogen and oxygen atoms in total. The van der Waals surface area contributed by atoms with E-state index in [1.165, 1.54) is 18.4 Å². The van der Waals surface area contributed by atoms with Crippen LogP contribution in [0.15, 0.2) is 22.7 Å². The standard InChI is InChI=1S/C14H20BrFN2/c1-10(13-6-5-11(16)8-14(13)15)18-7-3-4-12(18)9-17-2/h5-6,8,10,12,17H,3-4,7,9H2,1-2H3. The van der Waals surface area contributed by atoms with E-state index in [0.29, 0.717) is 12.1 Å². The van der Waals surface area contributed by atoms with E-state index >= 15 is 0 Å². The minimum Gasteiger partial charge on any atom is -0.318 e. The van der Waals surface area contributed by atoms with Gasteiger partial charge in [0.15, 0.2) is 0 Å². The number of likely N-dealkylation sites (N-methyl/N-ethyl adjacent to an activating group) is 1. The molecule has 1 N–H and O–H groups in total. The molecule has 0 saturated carbocycles. The van der Waals surface area contributed by atoms with Crippen molar-refractivity contribution in [2.24, 2.45) is 0 Å². The highest BCUT2D eigenvalue weighted by Gasteiger charge is 2.29. The van der Waals surface area contributed by atoms with Gasteiger partial charge in [0.25, 0.3) is 0 Å². The van der Waals surface area contributed by atoms with Crippen molar-refractivity contribution < 1.29 is 4.39 Å². The molecule has 0 aliphatic carbocycles. The van der Waals surface area contributed by atoms with Crippen molar-refractivity contribution in [3.8, 4) is 0 Å². The van der Waals surface area contributed by atoms with Crippen molar-refractivity contribution in [3.63, 3.8) is 0 Å². The van der Waals surface area contributed by atoms with Crippen molar-refractivity contribution in [2.45, 2.75) is 31.8 Å². The maximum Gasteiger partial charge on any atom is 0.124 e. The van der Waals surface area contributed by atoms with Gasteiger partial charge in [-0.2, -0.15) is 0 Å². The first-order chi connectivity index (χ1) is 8.63. The summed E-state index contributed by atoms with van der Waals surface area (Å²) in [5, 5.41) is 3.26. The van der Waals surface area contributed by atoms with Gasteiger partial charge in [0.05, 0.1) is 0 Å². The summed E-state index contributed by atoms with van der Waals surface area (Å²) in [5.41, 5.74) is 1.17. The molecule has 2 atom stereocenters. The van der Waals surface area contributed by atoms with Crippen LogP contribution < -0.4 is 5.32 Å². The van der Waals surface area contributed by atoms with Crippen molar-refractivity contribution in [1.29, 1.82) is 0 Å². The molecule has 4 heteroatoms. The quantitative estimate of drug-likeness (QED) is 0.917. The third-order valence-corrected chi connectivity index (χ3v) is 4.46. The Morgan fingerprint density at radius 2 is 2.33 bits per heavy atom. The zero-order valence-electron chi connectivity index (χ0n) is 10.9. The van der Waals surface area contributed by atoms with Crippen LogP contribution in [0.3, 0.4) is 0 Å². The van der Waals surface area contributed by atoms with Crippen LogP contribution >= 0.6 is 15.9 Å². The predicted octanol–water partition coefficient (Wildman–Crippen LogP) is 3.33. The molecule has 0 aromatic heterocycles.